The first-order valence-electron chi connectivity index (χ1n) is 11.8. The van der Waals surface area contributed by atoms with E-state index in [9.17, 15) is 4.79 Å². The summed E-state index contributed by atoms with van der Waals surface area (Å²) < 4.78 is 2.44. The van der Waals surface area contributed by atoms with Crippen LogP contribution in [0.5, 0.6) is 0 Å². The molecule has 6 nitrogen and oxygen atoms in total. The number of nitrogen functional groups attached to an aromatic ring is 1. The molecule has 2 aromatic rings. The van der Waals surface area contributed by atoms with Crippen LogP contribution in [0.15, 0.2) is 42.7 Å². The Labute approximate surface area is 194 Å². The normalized spacial score (nSPS) is 19.0. The third-order valence-corrected chi connectivity index (χ3v) is 8.13. The van der Waals surface area contributed by atoms with Crippen LogP contribution in [-0.2, 0) is 11.3 Å². The number of hydrogen-bond acceptors (Lipinski definition) is 5. The molecule has 1 amide bonds. The molecule has 32 heavy (non-hydrogen) atoms. The van der Waals surface area contributed by atoms with Crippen molar-refractivity contribution in [2.45, 2.75) is 45.2 Å². The zero-order valence-corrected chi connectivity index (χ0v) is 20.3. The number of para-hydroxylation sites is 2. The van der Waals surface area contributed by atoms with Gasteiger partial charge in [0.15, 0.2) is 0 Å². The van der Waals surface area contributed by atoms with Gasteiger partial charge in [0.05, 0.1) is 11.4 Å². The SMILES string of the molecule is CPN(c1ccccc1N)C1CCN(C(=O)C2CCN(Cc3ccncc3C)CC2)CC1. The molecule has 0 bridgehead atoms. The third kappa shape index (κ3) is 5.24. The average Bonchev–Trinajstić information content (AvgIpc) is 2.83. The molecule has 172 valence electrons. The van der Waals surface area contributed by atoms with E-state index in [-0.39, 0.29) is 5.92 Å². The van der Waals surface area contributed by atoms with E-state index < -0.39 is 0 Å². The molecular weight excluding hydrogens is 417 g/mol. The Kier molecular flexibility index (Phi) is 7.64. The minimum atomic E-state index is 0.176. The molecule has 2 N–H and O–H groups in total. The number of rotatable bonds is 6. The zero-order valence-electron chi connectivity index (χ0n) is 19.3. The summed E-state index contributed by atoms with van der Waals surface area (Å²) in [5, 5.41) is 0. The zero-order chi connectivity index (χ0) is 22.5. The van der Waals surface area contributed by atoms with E-state index in [1.807, 2.05) is 24.5 Å². The monoisotopic (exact) mass is 453 g/mol. The number of carbonyl (C=O) groups excluding carboxylic acids is 1. The molecule has 1 aromatic carbocycles. The second kappa shape index (κ2) is 10.6. The predicted octanol–water partition coefficient (Wildman–Crippen LogP) is 3.91. The van der Waals surface area contributed by atoms with Crippen LogP contribution in [0, 0.1) is 12.8 Å². The van der Waals surface area contributed by atoms with E-state index in [0.29, 0.717) is 20.7 Å². The molecule has 0 aliphatic carbocycles. The van der Waals surface area contributed by atoms with Crippen molar-refractivity contribution in [3.8, 4) is 0 Å². The number of piperidine rings is 2. The first-order valence-corrected chi connectivity index (χ1v) is 13.2. The number of aryl methyl sites for hydroxylation is 1. The molecule has 0 saturated carbocycles. The van der Waals surface area contributed by atoms with Crippen molar-refractivity contribution in [2.24, 2.45) is 5.92 Å². The van der Waals surface area contributed by atoms with E-state index >= 15 is 0 Å². The summed E-state index contributed by atoms with van der Waals surface area (Å²) in [6.45, 7) is 8.98. The Morgan fingerprint density at radius 2 is 1.84 bits per heavy atom. The number of nitrogens with zero attached hydrogens (tertiary/aromatic N) is 4. The lowest BCUT2D eigenvalue weighted by Gasteiger charge is -2.41. The molecule has 1 aromatic heterocycles. The molecule has 2 saturated heterocycles. The summed E-state index contributed by atoms with van der Waals surface area (Å²) in [7, 11) is 0.669. The molecule has 2 aliphatic rings. The van der Waals surface area contributed by atoms with Crippen LogP contribution in [-0.4, -0.2) is 59.6 Å². The van der Waals surface area contributed by atoms with Crippen LogP contribution in [0.25, 0.3) is 0 Å². The van der Waals surface area contributed by atoms with Crippen molar-refractivity contribution >= 4 is 26.0 Å². The van der Waals surface area contributed by atoms with Gasteiger partial charge in [0.25, 0.3) is 0 Å². The molecule has 7 heteroatoms. The predicted molar refractivity (Wildman–Crippen MR) is 134 cm³/mol. The first-order chi connectivity index (χ1) is 15.6. The number of pyridine rings is 1. The van der Waals surface area contributed by atoms with Gasteiger partial charge < -0.3 is 15.3 Å². The number of amides is 1. The van der Waals surface area contributed by atoms with Gasteiger partial charge in [0.1, 0.15) is 0 Å². The summed E-state index contributed by atoms with van der Waals surface area (Å²) >= 11 is 0. The van der Waals surface area contributed by atoms with Crippen LogP contribution in [0.2, 0.25) is 0 Å². The standard InChI is InChI=1S/C25H36N5OP/c1-19-17-27-12-7-21(19)18-28-13-8-20(9-14-28)25(31)29-15-10-22(11-16-29)30(32-2)24-6-4-3-5-23(24)26/h3-7,12,17,20,22,32H,8-11,13-16,18,26H2,1-2H3. The van der Waals surface area contributed by atoms with Crippen molar-refractivity contribution in [1.82, 2.24) is 14.8 Å². The van der Waals surface area contributed by atoms with Crippen molar-refractivity contribution in [2.75, 3.05) is 43.2 Å². The maximum atomic E-state index is 13.2. The number of nitrogens with two attached hydrogens (primary N) is 1. The molecule has 3 heterocycles. The Balaban J connectivity index is 1.27. The van der Waals surface area contributed by atoms with Crippen LogP contribution in [0.4, 0.5) is 11.4 Å². The number of anilines is 2. The van der Waals surface area contributed by atoms with E-state index in [1.54, 1.807) is 0 Å². The fourth-order valence-electron chi connectivity index (χ4n) is 5.07. The summed E-state index contributed by atoms with van der Waals surface area (Å²) in [6, 6.07) is 10.7. The lowest BCUT2D eigenvalue weighted by molar-refractivity contribution is -0.138. The van der Waals surface area contributed by atoms with Gasteiger partial charge in [-0.15, -0.1) is 0 Å². The molecule has 4 rings (SSSR count). The smallest absolute Gasteiger partial charge is 0.225 e. The van der Waals surface area contributed by atoms with Gasteiger partial charge >= 0.3 is 0 Å². The van der Waals surface area contributed by atoms with Crippen LogP contribution in [0.1, 0.15) is 36.8 Å². The van der Waals surface area contributed by atoms with Crippen molar-refractivity contribution in [1.29, 1.82) is 0 Å². The van der Waals surface area contributed by atoms with Gasteiger partial charge in [-0.2, -0.15) is 0 Å². The number of aromatic nitrogens is 1. The second-order valence-electron chi connectivity index (χ2n) is 9.06. The van der Waals surface area contributed by atoms with Gasteiger partial charge in [0, 0.05) is 44.0 Å². The quantitative estimate of drug-likeness (QED) is 0.531. The van der Waals surface area contributed by atoms with Crippen molar-refractivity contribution in [3.05, 3.63) is 53.9 Å². The Morgan fingerprint density at radius 3 is 2.50 bits per heavy atom. The van der Waals surface area contributed by atoms with E-state index in [0.717, 1.165) is 69.8 Å². The minimum absolute atomic E-state index is 0.176. The highest BCUT2D eigenvalue weighted by Gasteiger charge is 2.32. The molecular formula is C25H36N5OP. The topological polar surface area (TPSA) is 65.7 Å². The van der Waals surface area contributed by atoms with Crippen molar-refractivity contribution < 1.29 is 4.79 Å². The van der Waals surface area contributed by atoms with Crippen LogP contribution >= 0.6 is 8.73 Å². The maximum absolute atomic E-state index is 13.2. The van der Waals surface area contributed by atoms with E-state index in [4.69, 9.17) is 5.73 Å². The van der Waals surface area contributed by atoms with Gasteiger partial charge in [-0.05, 0) is 90.4 Å². The summed E-state index contributed by atoms with van der Waals surface area (Å²) in [5.74, 6) is 0.545. The molecule has 2 fully saturated rings. The van der Waals surface area contributed by atoms with Crippen LogP contribution in [0.3, 0.4) is 0 Å². The number of hydrogen-bond donors (Lipinski definition) is 1. The fourth-order valence-corrected chi connectivity index (χ4v) is 6.14. The lowest BCUT2D eigenvalue weighted by atomic mass is 9.93. The second-order valence-corrected chi connectivity index (χ2v) is 9.99. The highest BCUT2D eigenvalue weighted by atomic mass is 31.1. The van der Waals surface area contributed by atoms with Gasteiger partial charge in [-0.1, -0.05) is 12.1 Å². The Bertz CT molecular complexity index is 907. The van der Waals surface area contributed by atoms with Crippen LogP contribution < -0.4 is 10.4 Å². The molecule has 0 spiro atoms. The van der Waals surface area contributed by atoms with Gasteiger partial charge in [-0.25, -0.2) is 0 Å². The number of benzene rings is 1. The third-order valence-electron chi connectivity index (χ3n) is 7.05. The van der Waals surface area contributed by atoms with E-state index in [2.05, 4.69) is 51.2 Å². The molecule has 1 unspecified atom stereocenters. The summed E-state index contributed by atoms with van der Waals surface area (Å²) in [4.78, 5) is 22.0. The van der Waals surface area contributed by atoms with E-state index in [1.165, 1.54) is 11.1 Å². The van der Waals surface area contributed by atoms with Gasteiger partial charge in [-0.3, -0.25) is 14.7 Å². The minimum Gasteiger partial charge on any atom is -0.397 e. The Morgan fingerprint density at radius 1 is 1.12 bits per heavy atom. The summed E-state index contributed by atoms with van der Waals surface area (Å²) in [6.07, 6.45) is 7.76. The molecule has 0 radical (unpaired) electrons. The molecule has 1 atom stereocenters. The maximum Gasteiger partial charge on any atom is 0.225 e. The first kappa shape index (κ1) is 23.0. The largest absolute Gasteiger partial charge is 0.397 e. The highest BCUT2D eigenvalue weighted by molar-refractivity contribution is 7.39. The summed E-state index contributed by atoms with van der Waals surface area (Å²) in [5.41, 5.74) is 10.8. The number of likely N-dealkylation sites (tertiary alicyclic amines) is 2. The Hall–Kier alpha value is -2.17. The van der Waals surface area contributed by atoms with Gasteiger partial charge in [0.2, 0.25) is 5.91 Å². The number of carbonyl (C=O) groups is 1. The lowest BCUT2D eigenvalue weighted by Crippen LogP contribution is -2.48. The fraction of sp³-hybridized carbons (Fsp3) is 0.520. The van der Waals surface area contributed by atoms with Crippen molar-refractivity contribution in [3.63, 3.8) is 0 Å². The average molecular weight is 454 g/mol. The molecule has 2 aliphatic heterocycles. The highest BCUT2D eigenvalue weighted by Crippen LogP contribution is 2.36.